The van der Waals surface area contributed by atoms with Gasteiger partial charge < -0.3 is 9.15 Å². The van der Waals surface area contributed by atoms with E-state index in [0.29, 0.717) is 11.3 Å². The molecule has 20 heavy (non-hydrogen) atoms. The minimum absolute atomic E-state index is 0.0641. The third-order valence-electron chi connectivity index (χ3n) is 2.81. The quantitative estimate of drug-likeness (QED) is 0.487. The van der Waals surface area contributed by atoms with E-state index in [1.54, 1.807) is 0 Å². The molecule has 0 aliphatic carbocycles. The van der Waals surface area contributed by atoms with Crippen LogP contribution >= 0.6 is 0 Å². The molecule has 1 atom stereocenters. The summed E-state index contributed by atoms with van der Waals surface area (Å²) in [6.07, 6.45) is -4.03. The Labute approximate surface area is 113 Å². The van der Waals surface area contributed by atoms with Crippen molar-refractivity contribution in [2.75, 3.05) is 13.2 Å². The summed E-state index contributed by atoms with van der Waals surface area (Å²) in [7, 11) is 0. The lowest BCUT2D eigenvalue weighted by atomic mass is 10.1. The van der Waals surface area contributed by atoms with Gasteiger partial charge in [0.05, 0.1) is 6.04 Å². The predicted octanol–water partition coefficient (Wildman–Crippen LogP) is 2.91. The molecule has 0 saturated carbocycles. The first-order valence-corrected chi connectivity index (χ1v) is 6.09. The zero-order valence-corrected chi connectivity index (χ0v) is 10.6. The maximum absolute atomic E-state index is 11.9. The van der Waals surface area contributed by atoms with Crippen LogP contribution < -0.4 is 11.3 Å². The van der Waals surface area contributed by atoms with E-state index in [4.69, 9.17) is 10.3 Å². The maximum atomic E-state index is 11.9. The Hall–Kier alpha value is -1.57. The average molecular weight is 288 g/mol. The Morgan fingerprint density at radius 1 is 1.30 bits per heavy atom. The van der Waals surface area contributed by atoms with Crippen molar-refractivity contribution in [2.45, 2.75) is 18.6 Å². The van der Waals surface area contributed by atoms with Crippen LogP contribution in [0, 0.1) is 0 Å². The number of para-hydroxylation sites is 1. The Morgan fingerprint density at radius 2 is 2.05 bits per heavy atom. The van der Waals surface area contributed by atoms with E-state index in [2.05, 4.69) is 10.2 Å². The summed E-state index contributed by atoms with van der Waals surface area (Å²) in [4.78, 5) is 0. The normalized spacial score (nSPS) is 13.8. The number of fused-ring (bicyclic) bond motifs is 1. The summed E-state index contributed by atoms with van der Waals surface area (Å²) in [6.45, 7) is -1.32. The fourth-order valence-electron chi connectivity index (χ4n) is 1.87. The number of nitrogens with two attached hydrogens (primary N) is 1. The van der Waals surface area contributed by atoms with Crippen LogP contribution in [0.1, 0.15) is 18.2 Å². The number of nitrogens with one attached hydrogen (secondary N) is 1. The van der Waals surface area contributed by atoms with Crippen molar-refractivity contribution in [1.82, 2.24) is 5.43 Å². The number of hydrogen-bond donors (Lipinski definition) is 2. The molecule has 4 nitrogen and oxygen atoms in total. The maximum Gasteiger partial charge on any atom is 0.411 e. The summed E-state index contributed by atoms with van der Waals surface area (Å²) >= 11 is 0. The van der Waals surface area contributed by atoms with Gasteiger partial charge in [-0.15, -0.1) is 0 Å². The Bertz CT molecular complexity index is 521. The van der Waals surface area contributed by atoms with Gasteiger partial charge in [0.1, 0.15) is 18.0 Å². The molecule has 0 aliphatic heterocycles. The molecule has 0 bridgehead atoms. The van der Waals surface area contributed by atoms with Gasteiger partial charge >= 0.3 is 6.18 Å². The second kappa shape index (κ2) is 6.25. The van der Waals surface area contributed by atoms with Crippen molar-refractivity contribution in [3.63, 3.8) is 0 Å². The number of hydrazine groups is 1. The molecule has 0 amide bonds. The van der Waals surface area contributed by atoms with Crippen molar-refractivity contribution in [3.8, 4) is 0 Å². The molecule has 0 radical (unpaired) electrons. The van der Waals surface area contributed by atoms with Crippen LogP contribution in [0.15, 0.2) is 34.7 Å². The summed E-state index contributed by atoms with van der Waals surface area (Å²) in [5, 5.41) is 0.916. The molecule has 2 rings (SSSR count). The van der Waals surface area contributed by atoms with Gasteiger partial charge in [-0.05, 0) is 18.6 Å². The minimum atomic E-state index is -4.31. The van der Waals surface area contributed by atoms with Crippen molar-refractivity contribution in [2.24, 2.45) is 5.84 Å². The lowest BCUT2D eigenvalue weighted by Crippen LogP contribution is -2.29. The molecule has 2 aromatic rings. The van der Waals surface area contributed by atoms with Gasteiger partial charge in [-0.1, -0.05) is 18.2 Å². The molecular weight excluding hydrogens is 273 g/mol. The molecule has 0 spiro atoms. The number of alkyl halides is 3. The highest BCUT2D eigenvalue weighted by Gasteiger charge is 2.27. The zero-order valence-electron chi connectivity index (χ0n) is 10.6. The fourth-order valence-corrected chi connectivity index (χ4v) is 1.87. The van der Waals surface area contributed by atoms with Crippen LogP contribution in [-0.2, 0) is 4.74 Å². The molecule has 7 heteroatoms. The summed E-state index contributed by atoms with van der Waals surface area (Å²) in [5.74, 6) is 5.98. The van der Waals surface area contributed by atoms with Crippen LogP contribution in [0.3, 0.4) is 0 Å². The molecule has 1 aromatic carbocycles. The monoisotopic (exact) mass is 288 g/mol. The van der Waals surface area contributed by atoms with E-state index in [0.717, 1.165) is 5.39 Å². The minimum Gasteiger partial charge on any atom is -0.459 e. The number of halogens is 3. The molecule has 3 N–H and O–H groups in total. The number of benzene rings is 1. The van der Waals surface area contributed by atoms with Crippen LogP contribution in [0.4, 0.5) is 13.2 Å². The van der Waals surface area contributed by atoms with Crippen molar-refractivity contribution >= 4 is 11.0 Å². The summed E-state index contributed by atoms with van der Waals surface area (Å²) in [6, 6.07) is 8.83. The van der Waals surface area contributed by atoms with E-state index < -0.39 is 18.8 Å². The first kappa shape index (κ1) is 14.8. The van der Waals surface area contributed by atoms with Crippen LogP contribution in [0.5, 0.6) is 0 Å². The Morgan fingerprint density at radius 3 is 2.70 bits per heavy atom. The molecule has 0 saturated heterocycles. The van der Waals surface area contributed by atoms with E-state index >= 15 is 0 Å². The van der Waals surface area contributed by atoms with Crippen molar-refractivity contribution in [3.05, 3.63) is 36.1 Å². The lowest BCUT2D eigenvalue weighted by molar-refractivity contribution is -0.174. The molecule has 0 fully saturated rings. The highest BCUT2D eigenvalue weighted by Crippen LogP contribution is 2.25. The van der Waals surface area contributed by atoms with Crippen molar-refractivity contribution < 1.29 is 22.3 Å². The van der Waals surface area contributed by atoms with Gasteiger partial charge in [-0.2, -0.15) is 13.2 Å². The SMILES string of the molecule is NNC(CCOCC(F)(F)F)c1cc2ccccc2o1. The smallest absolute Gasteiger partial charge is 0.411 e. The second-order valence-corrected chi connectivity index (χ2v) is 4.36. The van der Waals surface area contributed by atoms with Gasteiger partial charge in [0.15, 0.2) is 0 Å². The predicted molar refractivity (Wildman–Crippen MR) is 67.8 cm³/mol. The average Bonchev–Trinajstić information content (AvgIpc) is 2.81. The molecule has 1 unspecified atom stereocenters. The standard InChI is InChI=1S/C13H15F3N2O2/c14-13(15,16)8-19-6-5-10(18-17)12-7-9-3-1-2-4-11(9)20-12/h1-4,7,10,18H,5-6,8,17H2. The molecule has 110 valence electrons. The third-order valence-corrected chi connectivity index (χ3v) is 2.81. The van der Waals surface area contributed by atoms with Crippen LogP contribution in [0.25, 0.3) is 11.0 Å². The van der Waals surface area contributed by atoms with Gasteiger partial charge in [0.2, 0.25) is 0 Å². The third kappa shape index (κ3) is 3.96. The first-order valence-electron chi connectivity index (χ1n) is 6.09. The summed E-state index contributed by atoms with van der Waals surface area (Å²) < 4.78 is 46.0. The first-order chi connectivity index (χ1) is 9.49. The van der Waals surface area contributed by atoms with Gasteiger partial charge in [0, 0.05) is 12.0 Å². The molecule has 1 aromatic heterocycles. The Balaban J connectivity index is 1.94. The van der Waals surface area contributed by atoms with Crippen LogP contribution in [-0.4, -0.2) is 19.4 Å². The lowest BCUT2D eigenvalue weighted by Gasteiger charge is -2.13. The topological polar surface area (TPSA) is 60.4 Å². The highest BCUT2D eigenvalue weighted by molar-refractivity contribution is 5.77. The van der Waals surface area contributed by atoms with Gasteiger partial charge in [0.25, 0.3) is 0 Å². The molecule has 0 aliphatic rings. The Kier molecular flexibility index (Phi) is 4.64. The molecule has 1 heterocycles. The van der Waals surface area contributed by atoms with Gasteiger partial charge in [-0.3, -0.25) is 5.84 Å². The highest BCUT2D eigenvalue weighted by atomic mass is 19.4. The largest absolute Gasteiger partial charge is 0.459 e. The number of ether oxygens (including phenoxy) is 1. The fraction of sp³-hybridized carbons (Fsp3) is 0.385. The number of rotatable bonds is 6. The molecular formula is C13H15F3N2O2. The van der Waals surface area contributed by atoms with E-state index in [-0.39, 0.29) is 13.0 Å². The van der Waals surface area contributed by atoms with Crippen LogP contribution in [0.2, 0.25) is 0 Å². The number of furan rings is 1. The number of hydrogen-bond acceptors (Lipinski definition) is 4. The van der Waals surface area contributed by atoms with Crippen molar-refractivity contribution in [1.29, 1.82) is 0 Å². The second-order valence-electron chi connectivity index (χ2n) is 4.36. The van der Waals surface area contributed by atoms with E-state index in [1.165, 1.54) is 0 Å². The van der Waals surface area contributed by atoms with Gasteiger partial charge in [-0.25, -0.2) is 5.43 Å². The van der Waals surface area contributed by atoms with E-state index in [9.17, 15) is 13.2 Å². The summed E-state index contributed by atoms with van der Waals surface area (Å²) in [5.41, 5.74) is 3.23. The zero-order chi connectivity index (χ0) is 14.6. The van der Waals surface area contributed by atoms with E-state index in [1.807, 2.05) is 30.3 Å².